The van der Waals surface area contributed by atoms with Crippen LogP contribution in [0.15, 0.2) is 71.8 Å². The lowest BCUT2D eigenvalue weighted by Crippen LogP contribution is -2.32. The molecule has 0 radical (unpaired) electrons. The molecular formula is C18H14Cl2O2S. The molecule has 0 saturated carbocycles. The zero-order valence-corrected chi connectivity index (χ0v) is 14.7. The van der Waals surface area contributed by atoms with Gasteiger partial charge in [0.2, 0.25) is 0 Å². The number of hydrogen-bond acceptors (Lipinski definition) is 3. The van der Waals surface area contributed by atoms with Crippen molar-refractivity contribution in [3.8, 4) is 0 Å². The van der Waals surface area contributed by atoms with Gasteiger partial charge in [-0.2, -0.15) is 0 Å². The standard InChI is InChI=1S/C18H14Cl2O2S/c1-3-11-18(17(21)22-2,23-14-7-5-4-6-8-14)15-10-9-13(19)12-16(15)20/h4-12H,1H2,2H3. The van der Waals surface area contributed by atoms with Gasteiger partial charge < -0.3 is 4.74 Å². The average molecular weight is 365 g/mol. The number of methoxy groups -OCH3 is 1. The minimum atomic E-state index is -1.19. The number of esters is 1. The number of benzene rings is 2. The van der Waals surface area contributed by atoms with E-state index in [0.717, 1.165) is 4.90 Å². The summed E-state index contributed by atoms with van der Waals surface area (Å²) in [6.07, 6.45) is 1.56. The van der Waals surface area contributed by atoms with E-state index in [4.69, 9.17) is 27.9 Å². The Hall–Kier alpha value is -1.64. The van der Waals surface area contributed by atoms with E-state index in [2.05, 4.69) is 12.3 Å². The van der Waals surface area contributed by atoms with E-state index in [1.54, 1.807) is 24.3 Å². The number of carbonyl (C=O) groups is 1. The highest BCUT2D eigenvalue weighted by Gasteiger charge is 2.42. The summed E-state index contributed by atoms with van der Waals surface area (Å²) in [5.41, 5.74) is 3.27. The maximum atomic E-state index is 12.6. The molecule has 0 heterocycles. The van der Waals surface area contributed by atoms with Crippen LogP contribution in [0.3, 0.4) is 0 Å². The Balaban J connectivity index is 2.66. The molecule has 2 aromatic carbocycles. The van der Waals surface area contributed by atoms with E-state index >= 15 is 0 Å². The predicted octanol–water partition coefficient (Wildman–Crippen LogP) is 5.50. The van der Waals surface area contributed by atoms with E-state index in [-0.39, 0.29) is 0 Å². The summed E-state index contributed by atoms with van der Waals surface area (Å²) in [6.45, 7) is 3.61. The molecule has 0 saturated heterocycles. The number of thioether (sulfide) groups is 1. The first-order valence-electron chi connectivity index (χ1n) is 6.68. The minimum Gasteiger partial charge on any atom is -0.467 e. The Morgan fingerprint density at radius 2 is 1.96 bits per heavy atom. The fourth-order valence-electron chi connectivity index (χ4n) is 2.13. The number of ether oxygens (including phenoxy) is 1. The molecule has 2 rings (SSSR count). The molecule has 1 atom stereocenters. The lowest BCUT2D eigenvalue weighted by Gasteiger charge is -2.28. The van der Waals surface area contributed by atoms with Gasteiger partial charge in [0.1, 0.15) is 0 Å². The van der Waals surface area contributed by atoms with Crippen molar-refractivity contribution in [1.29, 1.82) is 0 Å². The molecule has 0 fully saturated rings. The zero-order chi connectivity index (χ0) is 16.9. The maximum Gasteiger partial charge on any atom is 0.331 e. The van der Waals surface area contributed by atoms with Crippen LogP contribution >= 0.6 is 35.0 Å². The van der Waals surface area contributed by atoms with E-state index in [9.17, 15) is 4.79 Å². The number of rotatable bonds is 5. The zero-order valence-electron chi connectivity index (χ0n) is 12.4. The van der Waals surface area contributed by atoms with Crippen molar-refractivity contribution in [2.24, 2.45) is 0 Å². The Kier molecular flexibility index (Phi) is 5.97. The third-order valence-electron chi connectivity index (χ3n) is 3.15. The summed E-state index contributed by atoms with van der Waals surface area (Å²) < 4.78 is 3.83. The molecule has 2 nitrogen and oxygen atoms in total. The van der Waals surface area contributed by atoms with Gasteiger partial charge in [0.25, 0.3) is 0 Å². The average Bonchev–Trinajstić information content (AvgIpc) is 2.54. The molecule has 0 spiro atoms. The molecule has 118 valence electrons. The SMILES string of the molecule is C=C=CC(Sc1ccccc1)(C(=O)OC)c1ccc(Cl)cc1Cl. The first-order valence-corrected chi connectivity index (χ1v) is 8.25. The molecule has 0 N–H and O–H groups in total. The molecule has 0 aliphatic rings. The Morgan fingerprint density at radius 1 is 1.26 bits per heavy atom. The van der Waals surface area contributed by atoms with Crippen LogP contribution in [0.5, 0.6) is 0 Å². The normalized spacial score (nSPS) is 12.8. The molecule has 5 heteroatoms. The fraction of sp³-hybridized carbons (Fsp3) is 0.111. The Morgan fingerprint density at radius 3 is 2.52 bits per heavy atom. The van der Waals surface area contributed by atoms with Gasteiger partial charge in [-0.05, 0) is 30.3 Å². The van der Waals surface area contributed by atoms with Crippen molar-refractivity contribution in [1.82, 2.24) is 0 Å². The highest BCUT2D eigenvalue weighted by atomic mass is 35.5. The molecule has 0 aliphatic carbocycles. The van der Waals surface area contributed by atoms with Crippen molar-refractivity contribution in [3.05, 3.63) is 82.5 Å². The van der Waals surface area contributed by atoms with Crippen LogP contribution in [0.1, 0.15) is 5.56 Å². The topological polar surface area (TPSA) is 26.3 Å². The lowest BCUT2D eigenvalue weighted by atomic mass is 9.98. The third kappa shape index (κ3) is 3.82. The first kappa shape index (κ1) is 17.7. The minimum absolute atomic E-state index is 0.373. The fourth-order valence-corrected chi connectivity index (χ4v) is 4.01. The van der Waals surface area contributed by atoms with E-state index in [1.807, 2.05) is 30.3 Å². The van der Waals surface area contributed by atoms with Gasteiger partial charge in [-0.1, -0.05) is 65.8 Å². The highest BCUT2D eigenvalue weighted by Crippen LogP contribution is 2.46. The Labute approximate surface area is 149 Å². The van der Waals surface area contributed by atoms with Crippen molar-refractivity contribution in [2.75, 3.05) is 7.11 Å². The molecule has 1 unspecified atom stereocenters. The number of carbonyl (C=O) groups excluding carboxylic acids is 1. The second-order valence-electron chi connectivity index (χ2n) is 4.61. The van der Waals surface area contributed by atoms with Gasteiger partial charge in [0.15, 0.2) is 4.75 Å². The van der Waals surface area contributed by atoms with Crippen LogP contribution in [-0.2, 0) is 14.3 Å². The number of hydrogen-bond donors (Lipinski definition) is 0. The van der Waals surface area contributed by atoms with Gasteiger partial charge >= 0.3 is 5.97 Å². The third-order valence-corrected chi connectivity index (χ3v) is 5.03. The van der Waals surface area contributed by atoms with Crippen LogP contribution in [0, 0.1) is 0 Å². The summed E-state index contributed by atoms with van der Waals surface area (Å²) in [4.78, 5) is 13.5. The number of halogens is 2. The lowest BCUT2D eigenvalue weighted by molar-refractivity contribution is -0.142. The summed E-state index contributed by atoms with van der Waals surface area (Å²) in [7, 11) is 1.34. The molecule has 23 heavy (non-hydrogen) atoms. The molecule has 0 aromatic heterocycles. The van der Waals surface area contributed by atoms with E-state index in [1.165, 1.54) is 18.9 Å². The predicted molar refractivity (Wildman–Crippen MR) is 96.2 cm³/mol. The van der Waals surface area contributed by atoms with Crippen LogP contribution in [0.2, 0.25) is 10.0 Å². The maximum absolute atomic E-state index is 12.6. The molecule has 0 aliphatic heterocycles. The van der Waals surface area contributed by atoms with Gasteiger partial charge in [-0.25, -0.2) is 4.79 Å². The van der Waals surface area contributed by atoms with Crippen molar-refractivity contribution in [3.63, 3.8) is 0 Å². The van der Waals surface area contributed by atoms with Crippen LogP contribution < -0.4 is 0 Å². The van der Waals surface area contributed by atoms with Crippen LogP contribution in [-0.4, -0.2) is 13.1 Å². The monoisotopic (exact) mass is 364 g/mol. The smallest absolute Gasteiger partial charge is 0.331 e. The van der Waals surface area contributed by atoms with E-state index < -0.39 is 10.7 Å². The summed E-state index contributed by atoms with van der Waals surface area (Å²) in [6, 6.07) is 14.5. The van der Waals surface area contributed by atoms with Crippen LogP contribution in [0.4, 0.5) is 0 Å². The largest absolute Gasteiger partial charge is 0.467 e. The van der Waals surface area contributed by atoms with Gasteiger partial charge in [-0.3, -0.25) is 0 Å². The van der Waals surface area contributed by atoms with E-state index in [0.29, 0.717) is 15.6 Å². The molecular weight excluding hydrogens is 351 g/mol. The van der Waals surface area contributed by atoms with Gasteiger partial charge in [0.05, 0.1) is 7.11 Å². The second-order valence-corrected chi connectivity index (χ2v) is 6.78. The molecule has 0 bridgehead atoms. The van der Waals surface area contributed by atoms with Crippen molar-refractivity contribution in [2.45, 2.75) is 9.64 Å². The molecule has 0 amide bonds. The quantitative estimate of drug-likeness (QED) is 0.398. The van der Waals surface area contributed by atoms with Gasteiger partial charge in [0, 0.05) is 20.5 Å². The second kappa shape index (κ2) is 7.76. The van der Waals surface area contributed by atoms with Crippen LogP contribution in [0.25, 0.3) is 0 Å². The van der Waals surface area contributed by atoms with Crippen molar-refractivity contribution >= 4 is 40.9 Å². The van der Waals surface area contributed by atoms with Crippen molar-refractivity contribution < 1.29 is 9.53 Å². The van der Waals surface area contributed by atoms with Gasteiger partial charge in [-0.15, -0.1) is 5.73 Å². The summed E-state index contributed by atoms with van der Waals surface area (Å²) in [5, 5.41) is 0.864. The molecule has 2 aromatic rings. The first-order chi connectivity index (χ1) is 11.0. The summed E-state index contributed by atoms with van der Waals surface area (Å²) >= 11 is 13.6. The highest BCUT2D eigenvalue weighted by molar-refractivity contribution is 8.01. The summed E-state index contributed by atoms with van der Waals surface area (Å²) in [5.74, 6) is -0.466. The Bertz CT molecular complexity index is 755.